The number of anilines is 1. The van der Waals surface area contributed by atoms with Gasteiger partial charge in [-0.05, 0) is 60.7 Å². The number of hydrogen-bond donors (Lipinski definition) is 1. The summed E-state index contributed by atoms with van der Waals surface area (Å²) >= 11 is 7.19. The van der Waals surface area contributed by atoms with E-state index >= 15 is 0 Å². The Balaban J connectivity index is 1.48. The first-order chi connectivity index (χ1) is 14.1. The molecule has 0 bridgehead atoms. The first-order valence-electron chi connectivity index (χ1n) is 8.67. The number of aromatic nitrogens is 4. The molecule has 0 atom stereocenters. The Hall–Kier alpha value is -3.10. The summed E-state index contributed by atoms with van der Waals surface area (Å²) in [6, 6.07) is 18.1. The molecular weight excluding hydrogens is 410 g/mol. The number of hydrogen-bond acceptors (Lipinski definition) is 6. The predicted molar refractivity (Wildman–Crippen MR) is 114 cm³/mol. The minimum atomic E-state index is -0.127. The van der Waals surface area contributed by atoms with Crippen LogP contribution in [-0.2, 0) is 4.79 Å². The van der Waals surface area contributed by atoms with Crippen LogP contribution < -0.4 is 10.1 Å². The first kappa shape index (κ1) is 19.2. The third kappa shape index (κ3) is 4.49. The summed E-state index contributed by atoms with van der Waals surface area (Å²) < 4.78 is 6.86. The summed E-state index contributed by atoms with van der Waals surface area (Å²) in [4.78, 5) is 12.2. The predicted octanol–water partition coefficient (Wildman–Crippen LogP) is 4.18. The van der Waals surface area contributed by atoms with E-state index in [0.29, 0.717) is 27.2 Å². The van der Waals surface area contributed by atoms with Crippen LogP contribution >= 0.6 is 23.4 Å². The highest BCUT2D eigenvalue weighted by Crippen LogP contribution is 2.23. The van der Waals surface area contributed by atoms with E-state index in [1.807, 2.05) is 36.4 Å². The van der Waals surface area contributed by atoms with E-state index in [4.69, 9.17) is 16.3 Å². The summed E-state index contributed by atoms with van der Waals surface area (Å²) in [6.45, 7) is 0. The van der Waals surface area contributed by atoms with Gasteiger partial charge in [-0.2, -0.15) is 9.61 Å². The van der Waals surface area contributed by atoms with Gasteiger partial charge in [0, 0.05) is 16.3 Å². The number of carbonyl (C=O) groups is 1. The van der Waals surface area contributed by atoms with Crippen LogP contribution in [0.1, 0.15) is 0 Å². The fourth-order valence-electron chi connectivity index (χ4n) is 2.64. The summed E-state index contributed by atoms with van der Waals surface area (Å²) in [5, 5.41) is 17.1. The minimum Gasteiger partial charge on any atom is -0.497 e. The molecule has 2 aromatic carbocycles. The molecule has 2 aromatic heterocycles. The molecule has 0 unspecified atom stereocenters. The van der Waals surface area contributed by atoms with Crippen LogP contribution in [0.3, 0.4) is 0 Å². The van der Waals surface area contributed by atoms with Gasteiger partial charge in [-0.3, -0.25) is 4.79 Å². The van der Waals surface area contributed by atoms with Crippen LogP contribution in [-0.4, -0.2) is 38.6 Å². The SMILES string of the molecule is COc1ccc(-c2nnc3ccc(SCC(=O)Nc4ccc(Cl)cc4)nn23)cc1. The van der Waals surface area contributed by atoms with E-state index in [1.54, 1.807) is 35.9 Å². The van der Waals surface area contributed by atoms with Crippen molar-refractivity contribution in [1.82, 2.24) is 19.8 Å². The Labute approximate surface area is 176 Å². The highest BCUT2D eigenvalue weighted by atomic mass is 35.5. The monoisotopic (exact) mass is 425 g/mol. The Morgan fingerprint density at radius 3 is 2.55 bits per heavy atom. The largest absolute Gasteiger partial charge is 0.497 e. The second kappa shape index (κ2) is 8.50. The Morgan fingerprint density at radius 2 is 1.83 bits per heavy atom. The molecule has 0 aliphatic rings. The molecule has 0 spiro atoms. The van der Waals surface area contributed by atoms with Crippen molar-refractivity contribution in [3.8, 4) is 17.1 Å². The number of fused-ring (bicyclic) bond motifs is 1. The molecule has 0 fully saturated rings. The quantitative estimate of drug-likeness (QED) is 0.466. The number of halogens is 1. The van der Waals surface area contributed by atoms with Gasteiger partial charge in [0.1, 0.15) is 10.8 Å². The smallest absolute Gasteiger partial charge is 0.234 e. The molecule has 2 heterocycles. The highest BCUT2D eigenvalue weighted by molar-refractivity contribution is 7.99. The van der Waals surface area contributed by atoms with Crippen LogP contribution in [0.25, 0.3) is 17.0 Å². The van der Waals surface area contributed by atoms with E-state index in [9.17, 15) is 4.79 Å². The highest BCUT2D eigenvalue weighted by Gasteiger charge is 2.11. The molecule has 1 N–H and O–H groups in total. The van der Waals surface area contributed by atoms with Crippen molar-refractivity contribution in [2.24, 2.45) is 0 Å². The van der Waals surface area contributed by atoms with Crippen molar-refractivity contribution in [3.05, 3.63) is 65.7 Å². The second-order valence-electron chi connectivity index (χ2n) is 6.04. The molecule has 0 saturated heterocycles. The molecule has 0 saturated carbocycles. The summed E-state index contributed by atoms with van der Waals surface area (Å²) in [6.07, 6.45) is 0. The van der Waals surface area contributed by atoms with Gasteiger partial charge in [-0.15, -0.1) is 10.2 Å². The molecule has 4 aromatic rings. The maximum Gasteiger partial charge on any atom is 0.234 e. The lowest BCUT2D eigenvalue weighted by atomic mass is 10.2. The van der Waals surface area contributed by atoms with Gasteiger partial charge in [0.25, 0.3) is 0 Å². The van der Waals surface area contributed by atoms with Crippen LogP contribution in [0.2, 0.25) is 5.02 Å². The zero-order valence-electron chi connectivity index (χ0n) is 15.4. The first-order valence-corrected chi connectivity index (χ1v) is 10.0. The van der Waals surface area contributed by atoms with Gasteiger partial charge in [-0.1, -0.05) is 23.4 Å². The fraction of sp³-hybridized carbons (Fsp3) is 0.100. The van der Waals surface area contributed by atoms with E-state index in [1.165, 1.54) is 11.8 Å². The number of nitrogens with zero attached hydrogens (tertiary/aromatic N) is 4. The van der Waals surface area contributed by atoms with Crippen LogP contribution in [0, 0.1) is 0 Å². The minimum absolute atomic E-state index is 0.127. The molecule has 9 heteroatoms. The van der Waals surface area contributed by atoms with Crippen molar-refractivity contribution in [2.45, 2.75) is 5.03 Å². The number of nitrogens with one attached hydrogen (secondary N) is 1. The van der Waals surface area contributed by atoms with E-state index in [2.05, 4.69) is 20.6 Å². The second-order valence-corrected chi connectivity index (χ2v) is 7.47. The molecular formula is C20H16ClN5O2S. The number of amides is 1. The van der Waals surface area contributed by atoms with Gasteiger partial charge < -0.3 is 10.1 Å². The summed E-state index contributed by atoms with van der Waals surface area (Å²) in [5.74, 6) is 1.48. The van der Waals surface area contributed by atoms with Gasteiger partial charge in [0.05, 0.1) is 12.9 Å². The van der Waals surface area contributed by atoms with Crippen molar-refractivity contribution in [2.75, 3.05) is 18.2 Å². The average Bonchev–Trinajstić information content (AvgIpc) is 3.17. The number of rotatable bonds is 6. The van der Waals surface area contributed by atoms with E-state index in [0.717, 1.165) is 11.3 Å². The number of benzene rings is 2. The number of thioether (sulfide) groups is 1. The van der Waals surface area contributed by atoms with E-state index < -0.39 is 0 Å². The van der Waals surface area contributed by atoms with Crippen molar-refractivity contribution in [3.63, 3.8) is 0 Å². The fourth-order valence-corrected chi connectivity index (χ4v) is 3.42. The number of carbonyl (C=O) groups excluding carboxylic acids is 1. The van der Waals surface area contributed by atoms with Crippen LogP contribution in [0.5, 0.6) is 5.75 Å². The maximum absolute atomic E-state index is 12.2. The molecule has 1 amide bonds. The lowest BCUT2D eigenvalue weighted by Crippen LogP contribution is -2.14. The standard InChI is InChI=1S/C20H16ClN5O2S/c1-28-16-8-2-13(3-9-16)20-24-23-17-10-11-19(25-26(17)20)29-12-18(27)22-15-6-4-14(21)5-7-15/h2-11H,12H2,1H3,(H,22,27). The van der Waals surface area contributed by atoms with Crippen LogP contribution in [0.15, 0.2) is 65.7 Å². The Kier molecular flexibility index (Phi) is 5.64. The van der Waals surface area contributed by atoms with Gasteiger partial charge >= 0.3 is 0 Å². The van der Waals surface area contributed by atoms with Crippen molar-refractivity contribution >= 4 is 40.6 Å². The lowest BCUT2D eigenvalue weighted by Gasteiger charge is -2.06. The molecule has 146 valence electrons. The molecule has 7 nitrogen and oxygen atoms in total. The zero-order chi connectivity index (χ0) is 20.2. The van der Waals surface area contributed by atoms with Gasteiger partial charge in [0.2, 0.25) is 5.91 Å². The number of methoxy groups -OCH3 is 1. The molecule has 0 aliphatic heterocycles. The van der Waals surface area contributed by atoms with Gasteiger partial charge in [0.15, 0.2) is 11.5 Å². The van der Waals surface area contributed by atoms with E-state index in [-0.39, 0.29) is 11.7 Å². The molecule has 0 radical (unpaired) electrons. The normalized spacial score (nSPS) is 10.8. The van der Waals surface area contributed by atoms with Crippen molar-refractivity contribution in [1.29, 1.82) is 0 Å². The third-order valence-corrected chi connectivity index (χ3v) is 5.24. The Morgan fingerprint density at radius 1 is 1.07 bits per heavy atom. The maximum atomic E-state index is 12.2. The van der Waals surface area contributed by atoms with Crippen LogP contribution in [0.4, 0.5) is 5.69 Å². The number of ether oxygens (including phenoxy) is 1. The Bertz CT molecular complexity index is 1150. The molecule has 0 aliphatic carbocycles. The topological polar surface area (TPSA) is 81.4 Å². The summed E-state index contributed by atoms with van der Waals surface area (Å²) in [7, 11) is 1.62. The molecule has 29 heavy (non-hydrogen) atoms. The lowest BCUT2D eigenvalue weighted by molar-refractivity contribution is -0.113. The third-order valence-electron chi connectivity index (χ3n) is 4.07. The molecule has 4 rings (SSSR count). The van der Waals surface area contributed by atoms with Crippen molar-refractivity contribution < 1.29 is 9.53 Å². The zero-order valence-corrected chi connectivity index (χ0v) is 16.9. The summed E-state index contributed by atoms with van der Waals surface area (Å²) in [5.41, 5.74) is 2.20. The van der Waals surface area contributed by atoms with Gasteiger partial charge in [-0.25, -0.2) is 0 Å². The average molecular weight is 426 g/mol.